The summed E-state index contributed by atoms with van der Waals surface area (Å²) in [6.45, 7) is 3.44. The molecule has 2 amide bonds. The van der Waals surface area contributed by atoms with Crippen molar-refractivity contribution in [3.05, 3.63) is 83.0 Å². The van der Waals surface area contributed by atoms with Gasteiger partial charge in [0.2, 0.25) is 0 Å². The van der Waals surface area contributed by atoms with Crippen molar-refractivity contribution in [2.75, 3.05) is 31.2 Å². The van der Waals surface area contributed by atoms with Gasteiger partial charge in [-0.2, -0.15) is 0 Å². The first kappa shape index (κ1) is 21.2. The number of hydrogen-bond acceptors (Lipinski definition) is 6. The zero-order valence-corrected chi connectivity index (χ0v) is 18.7. The first-order valence-electron chi connectivity index (χ1n) is 10.7. The SMILES string of the molecule is O=C(NNC(=O)c1cn(Cc2ccccc2)c2ccccc12)c1csc(N2CCOCC2)n1. The lowest BCUT2D eigenvalue weighted by molar-refractivity contribution is 0.0845. The molecule has 3 heterocycles. The molecule has 1 saturated heterocycles. The van der Waals surface area contributed by atoms with E-state index in [0.29, 0.717) is 25.3 Å². The number of ether oxygens (including phenoxy) is 1. The van der Waals surface area contributed by atoms with E-state index in [0.717, 1.165) is 34.7 Å². The van der Waals surface area contributed by atoms with Crippen LogP contribution in [0.3, 0.4) is 0 Å². The number of nitrogens with one attached hydrogen (secondary N) is 2. The summed E-state index contributed by atoms with van der Waals surface area (Å²) in [5.74, 6) is -0.831. The normalized spacial score (nSPS) is 13.8. The van der Waals surface area contributed by atoms with Gasteiger partial charge in [-0.15, -0.1) is 11.3 Å². The molecule has 0 atom stereocenters. The van der Waals surface area contributed by atoms with Crippen molar-refractivity contribution in [1.29, 1.82) is 0 Å². The summed E-state index contributed by atoms with van der Waals surface area (Å²) in [6, 6.07) is 17.8. The van der Waals surface area contributed by atoms with Crippen LogP contribution in [-0.2, 0) is 11.3 Å². The average Bonchev–Trinajstić information content (AvgIpc) is 3.50. The van der Waals surface area contributed by atoms with E-state index in [9.17, 15) is 9.59 Å². The highest BCUT2D eigenvalue weighted by Crippen LogP contribution is 2.23. The van der Waals surface area contributed by atoms with E-state index in [1.165, 1.54) is 11.3 Å². The molecule has 2 aromatic carbocycles. The van der Waals surface area contributed by atoms with Gasteiger partial charge in [-0.3, -0.25) is 20.4 Å². The van der Waals surface area contributed by atoms with Crippen LogP contribution in [0.1, 0.15) is 26.4 Å². The fourth-order valence-electron chi connectivity index (χ4n) is 3.85. The van der Waals surface area contributed by atoms with Crippen molar-refractivity contribution >= 4 is 39.2 Å². The van der Waals surface area contributed by atoms with Gasteiger partial charge >= 0.3 is 0 Å². The highest BCUT2D eigenvalue weighted by molar-refractivity contribution is 7.13. The predicted octanol–water partition coefficient (Wildman–Crippen LogP) is 3.06. The van der Waals surface area contributed by atoms with E-state index in [1.807, 2.05) is 65.4 Å². The van der Waals surface area contributed by atoms with Crippen molar-refractivity contribution in [3.63, 3.8) is 0 Å². The van der Waals surface area contributed by atoms with Gasteiger partial charge in [0.25, 0.3) is 11.8 Å². The molecule has 4 aromatic rings. The second kappa shape index (κ2) is 9.43. The number of thiazole rings is 1. The van der Waals surface area contributed by atoms with Crippen molar-refractivity contribution in [3.8, 4) is 0 Å². The van der Waals surface area contributed by atoms with Crippen LogP contribution < -0.4 is 15.8 Å². The highest BCUT2D eigenvalue weighted by Gasteiger charge is 2.19. The molecule has 9 heteroatoms. The van der Waals surface area contributed by atoms with Crippen molar-refractivity contribution in [1.82, 2.24) is 20.4 Å². The highest BCUT2D eigenvalue weighted by atomic mass is 32.1. The number of morpholine rings is 1. The van der Waals surface area contributed by atoms with Crippen LogP contribution >= 0.6 is 11.3 Å². The molecule has 1 fully saturated rings. The molecule has 1 aliphatic heterocycles. The van der Waals surface area contributed by atoms with Gasteiger partial charge in [0.05, 0.1) is 18.8 Å². The van der Waals surface area contributed by atoms with Gasteiger partial charge in [-0.1, -0.05) is 48.5 Å². The van der Waals surface area contributed by atoms with Crippen molar-refractivity contribution < 1.29 is 14.3 Å². The van der Waals surface area contributed by atoms with Crippen LogP contribution in [0.15, 0.2) is 66.2 Å². The second-order valence-corrected chi connectivity index (χ2v) is 8.53. The number of nitrogens with zero attached hydrogens (tertiary/aromatic N) is 3. The molecule has 168 valence electrons. The van der Waals surface area contributed by atoms with Crippen LogP contribution in [0, 0.1) is 0 Å². The number of benzene rings is 2. The lowest BCUT2D eigenvalue weighted by atomic mass is 10.1. The Balaban J connectivity index is 1.28. The summed E-state index contributed by atoms with van der Waals surface area (Å²) < 4.78 is 7.39. The summed E-state index contributed by atoms with van der Waals surface area (Å²) in [5, 5.41) is 3.29. The minimum absolute atomic E-state index is 0.272. The maximum absolute atomic E-state index is 12.9. The van der Waals surface area contributed by atoms with Crippen LogP contribution in [0.4, 0.5) is 5.13 Å². The Morgan fingerprint density at radius 2 is 1.70 bits per heavy atom. The fraction of sp³-hybridized carbons (Fsp3) is 0.208. The van der Waals surface area contributed by atoms with Crippen molar-refractivity contribution in [2.45, 2.75) is 6.54 Å². The van der Waals surface area contributed by atoms with Gasteiger partial charge in [0.15, 0.2) is 5.13 Å². The number of anilines is 1. The maximum atomic E-state index is 12.9. The molecule has 0 spiro atoms. The Morgan fingerprint density at radius 1 is 0.970 bits per heavy atom. The standard InChI is InChI=1S/C24H23N5O3S/c30-22(26-27-23(31)20-16-33-24(25-20)28-10-12-32-13-11-28)19-15-29(14-17-6-2-1-3-7-17)21-9-5-4-8-18(19)21/h1-9,15-16H,10-14H2,(H,26,30)(H,27,31). The topological polar surface area (TPSA) is 88.5 Å². The summed E-state index contributed by atoms with van der Waals surface area (Å²) in [5.41, 5.74) is 7.88. The van der Waals surface area contributed by atoms with Gasteiger partial charge < -0.3 is 14.2 Å². The summed E-state index contributed by atoms with van der Waals surface area (Å²) in [4.78, 5) is 32.0. The lowest BCUT2D eigenvalue weighted by Crippen LogP contribution is -2.41. The van der Waals surface area contributed by atoms with E-state index >= 15 is 0 Å². The molecule has 2 N–H and O–H groups in total. The molecular weight excluding hydrogens is 438 g/mol. The number of amides is 2. The summed E-state index contributed by atoms with van der Waals surface area (Å²) in [7, 11) is 0. The first-order valence-corrected chi connectivity index (χ1v) is 11.6. The van der Waals surface area contributed by atoms with Crippen LogP contribution in [0.5, 0.6) is 0 Å². The number of rotatable bonds is 5. The Kier molecular flexibility index (Phi) is 6.05. The van der Waals surface area contributed by atoms with Gasteiger partial charge in [-0.25, -0.2) is 4.98 Å². The molecule has 0 aliphatic carbocycles. The van der Waals surface area contributed by atoms with E-state index in [1.54, 1.807) is 5.38 Å². The van der Waals surface area contributed by atoms with Crippen LogP contribution in [0.2, 0.25) is 0 Å². The molecular formula is C24H23N5O3S. The van der Waals surface area contributed by atoms with Crippen molar-refractivity contribution in [2.24, 2.45) is 0 Å². The Morgan fingerprint density at radius 3 is 2.52 bits per heavy atom. The van der Waals surface area contributed by atoms with Crippen LogP contribution in [-0.4, -0.2) is 47.7 Å². The molecule has 0 saturated carbocycles. The third-order valence-electron chi connectivity index (χ3n) is 5.52. The molecule has 2 aromatic heterocycles. The summed E-state index contributed by atoms with van der Waals surface area (Å²) in [6.07, 6.45) is 1.82. The number of hydrazine groups is 1. The predicted molar refractivity (Wildman–Crippen MR) is 128 cm³/mol. The number of fused-ring (bicyclic) bond motifs is 1. The monoisotopic (exact) mass is 461 g/mol. The molecule has 33 heavy (non-hydrogen) atoms. The van der Waals surface area contributed by atoms with Gasteiger partial charge in [0.1, 0.15) is 5.69 Å². The zero-order chi connectivity index (χ0) is 22.6. The van der Waals surface area contributed by atoms with E-state index in [2.05, 4.69) is 20.7 Å². The maximum Gasteiger partial charge on any atom is 0.289 e. The molecule has 1 aliphatic rings. The summed E-state index contributed by atoms with van der Waals surface area (Å²) >= 11 is 1.40. The lowest BCUT2D eigenvalue weighted by Gasteiger charge is -2.25. The first-order chi connectivity index (χ1) is 16.2. The number of aromatic nitrogens is 2. The Labute approximate surface area is 194 Å². The molecule has 0 radical (unpaired) electrons. The third kappa shape index (κ3) is 4.59. The average molecular weight is 462 g/mol. The van der Waals surface area contributed by atoms with E-state index < -0.39 is 5.91 Å². The molecule has 0 unspecified atom stereocenters. The Bertz CT molecular complexity index is 1280. The number of para-hydroxylation sites is 1. The van der Waals surface area contributed by atoms with Crippen LogP contribution in [0.25, 0.3) is 10.9 Å². The second-order valence-electron chi connectivity index (χ2n) is 7.70. The van der Waals surface area contributed by atoms with E-state index in [4.69, 9.17) is 4.74 Å². The largest absolute Gasteiger partial charge is 0.378 e. The fourth-order valence-corrected chi connectivity index (χ4v) is 4.71. The molecule has 5 rings (SSSR count). The minimum atomic E-state index is -0.452. The van der Waals surface area contributed by atoms with Gasteiger partial charge in [0, 0.05) is 42.1 Å². The number of carbonyl (C=O) groups excluding carboxylic acids is 2. The van der Waals surface area contributed by atoms with Gasteiger partial charge in [-0.05, 0) is 11.6 Å². The zero-order valence-electron chi connectivity index (χ0n) is 17.9. The molecule has 0 bridgehead atoms. The number of hydrogen-bond donors (Lipinski definition) is 2. The Hall–Kier alpha value is -3.69. The molecule has 8 nitrogen and oxygen atoms in total. The quantitative estimate of drug-likeness (QED) is 0.446. The smallest absolute Gasteiger partial charge is 0.289 e. The minimum Gasteiger partial charge on any atom is -0.378 e. The van der Waals surface area contributed by atoms with E-state index in [-0.39, 0.29) is 11.6 Å². The third-order valence-corrected chi connectivity index (χ3v) is 6.43. The number of carbonyl (C=O) groups is 2.